The molecule has 2 aromatic carbocycles. The lowest BCUT2D eigenvalue weighted by Crippen LogP contribution is -2.06. The third-order valence-corrected chi connectivity index (χ3v) is 5.74. The van der Waals surface area contributed by atoms with E-state index >= 15 is 0 Å². The molecule has 0 aliphatic rings. The van der Waals surface area contributed by atoms with Crippen molar-refractivity contribution in [1.29, 1.82) is 0 Å². The number of hydrogen-bond donors (Lipinski definition) is 2. The SMILES string of the molecule is CCCc1nc2c(C)c(N)cnc2n1Cc1ccc(-c2ccccc2-c2nnn[nH]2)cc1. The lowest BCUT2D eigenvalue weighted by atomic mass is 9.98. The molecule has 0 saturated heterocycles. The molecule has 0 fully saturated rings. The van der Waals surface area contributed by atoms with Crippen molar-refractivity contribution in [3.8, 4) is 22.5 Å². The number of nitrogens with one attached hydrogen (secondary N) is 1. The smallest absolute Gasteiger partial charge is 0.180 e. The third kappa shape index (κ3) is 3.49. The summed E-state index contributed by atoms with van der Waals surface area (Å²) in [6, 6.07) is 16.7. The summed E-state index contributed by atoms with van der Waals surface area (Å²) in [5.41, 5.74) is 13.8. The van der Waals surface area contributed by atoms with Crippen molar-refractivity contribution < 1.29 is 0 Å². The number of rotatable bonds is 6. The number of fused-ring (bicyclic) bond motifs is 1. The Balaban J connectivity index is 1.50. The minimum absolute atomic E-state index is 0.652. The fourth-order valence-corrected chi connectivity index (χ4v) is 4.00. The molecular formula is C24H24N8. The molecule has 3 aromatic heterocycles. The molecule has 32 heavy (non-hydrogen) atoms. The van der Waals surface area contributed by atoms with Crippen molar-refractivity contribution in [1.82, 2.24) is 35.2 Å². The van der Waals surface area contributed by atoms with Gasteiger partial charge in [-0.2, -0.15) is 0 Å². The highest BCUT2D eigenvalue weighted by molar-refractivity contribution is 5.81. The van der Waals surface area contributed by atoms with Gasteiger partial charge in [-0.1, -0.05) is 55.5 Å². The van der Waals surface area contributed by atoms with Crippen molar-refractivity contribution in [3.05, 3.63) is 71.7 Å². The van der Waals surface area contributed by atoms with Gasteiger partial charge in [0.15, 0.2) is 11.5 Å². The summed E-state index contributed by atoms with van der Waals surface area (Å²) in [4.78, 5) is 9.46. The van der Waals surface area contributed by atoms with Crippen LogP contribution in [-0.2, 0) is 13.0 Å². The normalized spacial score (nSPS) is 11.3. The average Bonchev–Trinajstić information content (AvgIpc) is 3.47. The second-order valence-corrected chi connectivity index (χ2v) is 7.87. The maximum Gasteiger partial charge on any atom is 0.180 e. The van der Waals surface area contributed by atoms with E-state index in [1.165, 1.54) is 5.56 Å². The van der Waals surface area contributed by atoms with Gasteiger partial charge in [0.05, 0.1) is 18.4 Å². The molecule has 0 radical (unpaired) electrons. The number of aromatic nitrogens is 7. The number of nitrogen functional groups attached to an aromatic ring is 1. The number of anilines is 1. The van der Waals surface area contributed by atoms with Crippen LogP contribution in [0.3, 0.4) is 0 Å². The van der Waals surface area contributed by atoms with Gasteiger partial charge in [0.25, 0.3) is 0 Å². The second-order valence-electron chi connectivity index (χ2n) is 7.87. The second kappa shape index (κ2) is 8.22. The average molecular weight is 425 g/mol. The standard InChI is InChI=1S/C24H24N8/c1-3-6-21-27-22-15(2)20(25)13-26-24(22)32(21)14-16-9-11-17(12-10-16)18-7-4-5-8-19(18)23-28-30-31-29-23/h4-5,7-13H,3,6,14,25H2,1-2H3,(H,28,29,30,31). The summed E-state index contributed by atoms with van der Waals surface area (Å²) < 4.78 is 2.20. The highest BCUT2D eigenvalue weighted by atomic mass is 15.5. The minimum Gasteiger partial charge on any atom is -0.397 e. The number of hydrogen-bond acceptors (Lipinski definition) is 6. The first-order valence-corrected chi connectivity index (χ1v) is 10.7. The van der Waals surface area contributed by atoms with E-state index in [4.69, 9.17) is 10.7 Å². The van der Waals surface area contributed by atoms with E-state index < -0.39 is 0 Å². The van der Waals surface area contributed by atoms with Crippen LogP contribution in [0, 0.1) is 6.92 Å². The molecule has 0 amide bonds. The molecular weight excluding hydrogens is 400 g/mol. The Morgan fingerprint density at radius 1 is 1.03 bits per heavy atom. The number of nitrogens with two attached hydrogens (primary N) is 1. The molecule has 0 spiro atoms. The number of nitrogens with zero attached hydrogens (tertiary/aromatic N) is 6. The highest BCUT2D eigenvalue weighted by Crippen LogP contribution is 2.30. The fourth-order valence-electron chi connectivity index (χ4n) is 4.00. The number of aryl methyl sites for hydroxylation is 2. The van der Waals surface area contributed by atoms with Crippen LogP contribution in [0.1, 0.15) is 30.3 Å². The molecule has 0 unspecified atom stereocenters. The Bertz CT molecular complexity index is 1370. The van der Waals surface area contributed by atoms with Gasteiger partial charge in [0, 0.05) is 17.5 Å². The van der Waals surface area contributed by atoms with Gasteiger partial charge >= 0.3 is 0 Å². The quantitative estimate of drug-likeness (QED) is 0.423. The van der Waals surface area contributed by atoms with Crippen LogP contribution in [0.15, 0.2) is 54.7 Å². The Kier molecular flexibility index (Phi) is 5.10. The van der Waals surface area contributed by atoms with E-state index in [0.717, 1.165) is 52.1 Å². The number of aromatic amines is 1. The van der Waals surface area contributed by atoms with Crippen molar-refractivity contribution in [2.24, 2.45) is 0 Å². The maximum atomic E-state index is 6.06. The van der Waals surface area contributed by atoms with E-state index in [-0.39, 0.29) is 0 Å². The zero-order valence-corrected chi connectivity index (χ0v) is 18.1. The zero-order chi connectivity index (χ0) is 22.1. The number of H-pyrrole nitrogens is 1. The van der Waals surface area contributed by atoms with Crippen LogP contribution in [0.4, 0.5) is 5.69 Å². The largest absolute Gasteiger partial charge is 0.397 e. The summed E-state index contributed by atoms with van der Waals surface area (Å²) in [5.74, 6) is 1.69. The predicted molar refractivity (Wildman–Crippen MR) is 125 cm³/mol. The molecule has 8 heteroatoms. The van der Waals surface area contributed by atoms with E-state index in [1.807, 2.05) is 25.1 Å². The Morgan fingerprint density at radius 3 is 2.53 bits per heavy atom. The first-order chi connectivity index (χ1) is 15.7. The van der Waals surface area contributed by atoms with Gasteiger partial charge in [-0.05, 0) is 40.5 Å². The minimum atomic E-state index is 0.652. The van der Waals surface area contributed by atoms with Crippen LogP contribution in [0.2, 0.25) is 0 Å². The van der Waals surface area contributed by atoms with Crippen LogP contribution in [-0.4, -0.2) is 35.2 Å². The van der Waals surface area contributed by atoms with Crippen LogP contribution in [0.25, 0.3) is 33.7 Å². The van der Waals surface area contributed by atoms with E-state index in [9.17, 15) is 0 Å². The summed E-state index contributed by atoms with van der Waals surface area (Å²) in [6.45, 7) is 4.87. The van der Waals surface area contributed by atoms with Gasteiger partial charge in [-0.3, -0.25) is 0 Å². The Hall–Kier alpha value is -4.07. The van der Waals surface area contributed by atoms with Crippen molar-refractivity contribution >= 4 is 16.9 Å². The molecule has 0 aliphatic carbocycles. The van der Waals surface area contributed by atoms with Crippen LogP contribution >= 0.6 is 0 Å². The molecule has 0 saturated carbocycles. The molecule has 0 atom stereocenters. The monoisotopic (exact) mass is 424 g/mol. The van der Waals surface area contributed by atoms with E-state index in [1.54, 1.807) is 6.20 Å². The van der Waals surface area contributed by atoms with Gasteiger partial charge < -0.3 is 10.3 Å². The summed E-state index contributed by atoms with van der Waals surface area (Å²) in [6.07, 6.45) is 3.64. The Labute approximate surface area is 185 Å². The van der Waals surface area contributed by atoms with Crippen LogP contribution in [0.5, 0.6) is 0 Å². The van der Waals surface area contributed by atoms with E-state index in [2.05, 4.69) is 67.4 Å². The number of pyridine rings is 1. The van der Waals surface area contributed by atoms with Gasteiger partial charge in [0.2, 0.25) is 0 Å². The Morgan fingerprint density at radius 2 is 1.81 bits per heavy atom. The highest BCUT2D eigenvalue weighted by Gasteiger charge is 2.15. The van der Waals surface area contributed by atoms with E-state index in [0.29, 0.717) is 18.1 Å². The van der Waals surface area contributed by atoms with Gasteiger partial charge in [-0.25, -0.2) is 15.1 Å². The van der Waals surface area contributed by atoms with Crippen molar-refractivity contribution in [2.75, 3.05) is 5.73 Å². The molecule has 5 aromatic rings. The van der Waals surface area contributed by atoms with Crippen molar-refractivity contribution in [3.63, 3.8) is 0 Å². The molecule has 5 rings (SSSR count). The number of benzene rings is 2. The zero-order valence-electron chi connectivity index (χ0n) is 18.1. The topological polar surface area (TPSA) is 111 Å². The first kappa shape index (κ1) is 19.9. The molecule has 0 aliphatic heterocycles. The van der Waals surface area contributed by atoms with Gasteiger partial charge in [-0.15, -0.1) is 5.10 Å². The molecule has 3 heterocycles. The molecule has 0 bridgehead atoms. The van der Waals surface area contributed by atoms with Gasteiger partial charge in [0.1, 0.15) is 11.3 Å². The summed E-state index contributed by atoms with van der Waals surface area (Å²) in [7, 11) is 0. The molecule has 160 valence electrons. The third-order valence-electron chi connectivity index (χ3n) is 5.74. The van der Waals surface area contributed by atoms with Crippen LogP contribution < -0.4 is 5.73 Å². The first-order valence-electron chi connectivity index (χ1n) is 10.7. The molecule has 3 N–H and O–H groups in total. The lowest BCUT2D eigenvalue weighted by molar-refractivity contribution is 0.717. The summed E-state index contributed by atoms with van der Waals surface area (Å²) in [5, 5.41) is 14.3. The number of imidazole rings is 1. The lowest BCUT2D eigenvalue weighted by Gasteiger charge is -2.11. The maximum absolute atomic E-state index is 6.06. The van der Waals surface area contributed by atoms with Crippen molar-refractivity contribution in [2.45, 2.75) is 33.2 Å². The fraction of sp³-hybridized carbons (Fsp3) is 0.208. The number of tetrazole rings is 1. The predicted octanol–water partition coefficient (Wildman–Crippen LogP) is 4.17. The molecule has 8 nitrogen and oxygen atoms in total. The summed E-state index contributed by atoms with van der Waals surface area (Å²) >= 11 is 0.